The molecule has 4 aromatic heterocycles. The molecule has 28 heteroatoms. The molecule has 6 rings (SSSR count). The van der Waals surface area contributed by atoms with Crippen LogP contribution in [0.3, 0.4) is 0 Å². The second-order valence-electron chi connectivity index (χ2n) is 16.3. The number of benzene rings is 1. The molecule has 1 fully saturated rings. The highest BCUT2D eigenvalue weighted by Gasteiger charge is 2.50. The lowest BCUT2D eigenvalue weighted by molar-refractivity contribution is -0.696. The van der Waals surface area contributed by atoms with E-state index in [1.54, 1.807) is 35.2 Å². The molecule has 5 heterocycles. The van der Waals surface area contributed by atoms with Crippen molar-refractivity contribution in [3.63, 3.8) is 0 Å². The second-order valence-corrected chi connectivity index (χ2v) is 20.3. The Kier molecular flexibility index (Phi) is 18.4. The first-order valence-electron chi connectivity index (χ1n) is 22.2. The predicted molar refractivity (Wildman–Crippen MR) is 248 cm³/mol. The summed E-state index contributed by atoms with van der Waals surface area (Å²) >= 11 is 0. The predicted octanol–water partition coefficient (Wildman–Crippen LogP) is 2.43. The maximum atomic E-state index is 13.0. The SMILES string of the molecule is CCN(CCCCCC(=O)NCCCCCCNc1nc2c(N)ncnc2n1[C@@H]1O[C@H](COP(=O)(O)O)[C@@H](O)[C@H]1OP(=O)(O)O)c1ccc2cc(-c3cc[n+](CCCS(=O)(=O)[O-])cc3)c(=O)oc2c1. The lowest BCUT2D eigenvalue weighted by Gasteiger charge is -2.23. The van der Waals surface area contributed by atoms with Crippen LogP contribution in [0.15, 0.2) is 64.3 Å². The summed E-state index contributed by atoms with van der Waals surface area (Å²) in [7, 11) is -14.5. The minimum absolute atomic E-state index is 0.0238. The Morgan fingerprint density at radius 2 is 1.71 bits per heavy atom. The van der Waals surface area contributed by atoms with Crippen molar-refractivity contribution < 1.29 is 74.3 Å². The van der Waals surface area contributed by atoms with Crippen molar-refractivity contribution in [2.24, 2.45) is 0 Å². The summed E-state index contributed by atoms with van der Waals surface area (Å²) in [6.07, 6.45) is 3.86. The fourth-order valence-electron chi connectivity index (χ4n) is 7.86. The Morgan fingerprint density at radius 3 is 2.41 bits per heavy atom. The molecule has 1 amide bonds. The first-order valence-corrected chi connectivity index (χ1v) is 26.9. The van der Waals surface area contributed by atoms with Crippen molar-refractivity contribution in [3.8, 4) is 11.1 Å². The van der Waals surface area contributed by atoms with Crippen LogP contribution in [0.2, 0.25) is 0 Å². The topological polar surface area (TPSA) is 368 Å². The maximum absolute atomic E-state index is 13.0. The quantitative estimate of drug-likeness (QED) is 0.0123. The lowest BCUT2D eigenvalue weighted by Crippen LogP contribution is -2.35. The Balaban J connectivity index is 0.901. The number of aromatic nitrogens is 5. The number of unbranched alkanes of at least 4 members (excludes halogenated alkanes) is 5. The van der Waals surface area contributed by atoms with Gasteiger partial charge in [0.05, 0.1) is 22.3 Å². The number of aliphatic hydroxyl groups is 1. The molecule has 5 aromatic rings. The minimum atomic E-state index is -5.24. The molecule has 0 spiro atoms. The number of carbonyl (C=O) groups excluding carboxylic acids is 1. The highest BCUT2D eigenvalue weighted by molar-refractivity contribution is 7.85. The number of ether oxygens (including phenoxy) is 1. The minimum Gasteiger partial charge on any atom is -0.748 e. The van der Waals surface area contributed by atoms with Crippen LogP contribution in [-0.4, -0.2) is 120 Å². The van der Waals surface area contributed by atoms with Crippen LogP contribution in [0.5, 0.6) is 0 Å². The first-order chi connectivity index (χ1) is 32.7. The van der Waals surface area contributed by atoms with E-state index in [0.29, 0.717) is 55.6 Å². The zero-order valence-electron chi connectivity index (χ0n) is 37.6. The van der Waals surface area contributed by atoms with Gasteiger partial charge in [-0.2, -0.15) is 0 Å². The molecule has 9 N–H and O–H groups in total. The molecule has 25 nitrogen and oxygen atoms in total. The number of hydrogen-bond donors (Lipinski definition) is 8. The molecule has 378 valence electrons. The van der Waals surface area contributed by atoms with Gasteiger partial charge in [-0.15, -0.1) is 0 Å². The van der Waals surface area contributed by atoms with Gasteiger partial charge in [0.2, 0.25) is 11.9 Å². The van der Waals surface area contributed by atoms with E-state index >= 15 is 0 Å². The molecule has 0 unspecified atom stereocenters. The van der Waals surface area contributed by atoms with Crippen molar-refractivity contribution in [1.29, 1.82) is 0 Å². The van der Waals surface area contributed by atoms with E-state index < -0.39 is 68.3 Å². The number of aryl methyl sites for hydroxylation is 1. The smallest absolute Gasteiger partial charge is 0.470 e. The van der Waals surface area contributed by atoms with Crippen LogP contribution < -0.4 is 31.5 Å². The van der Waals surface area contributed by atoms with Gasteiger partial charge in [0.25, 0.3) is 0 Å². The zero-order valence-corrected chi connectivity index (χ0v) is 40.2. The van der Waals surface area contributed by atoms with Crippen LogP contribution in [-0.2, 0) is 44.4 Å². The van der Waals surface area contributed by atoms with Crippen molar-refractivity contribution in [3.05, 3.63) is 65.5 Å². The zero-order chi connectivity index (χ0) is 49.9. The Labute approximate surface area is 396 Å². The van der Waals surface area contributed by atoms with Gasteiger partial charge in [0, 0.05) is 79.6 Å². The molecule has 4 atom stereocenters. The van der Waals surface area contributed by atoms with Gasteiger partial charge < -0.3 is 59.7 Å². The summed E-state index contributed by atoms with van der Waals surface area (Å²) in [6, 6.07) is 11.0. The monoisotopic (exact) mass is 1030 g/mol. The van der Waals surface area contributed by atoms with Gasteiger partial charge in [-0.1, -0.05) is 19.3 Å². The van der Waals surface area contributed by atoms with Gasteiger partial charge in [0.15, 0.2) is 35.6 Å². The molecule has 0 bridgehead atoms. The molecular weight excluding hydrogens is 969 g/mol. The van der Waals surface area contributed by atoms with Crippen molar-refractivity contribution in [2.45, 2.75) is 95.8 Å². The number of nitrogens with one attached hydrogen (secondary N) is 2. The third kappa shape index (κ3) is 15.5. The summed E-state index contributed by atoms with van der Waals surface area (Å²) in [4.78, 5) is 77.9. The molecule has 0 aliphatic carbocycles. The number of rotatable bonds is 27. The maximum Gasteiger partial charge on any atom is 0.470 e. The van der Waals surface area contributed by atoms with E-state index in [9.17, 15) is 46.6 Å². The number of anilines is 3. The summed E-state index contributed by atoms with van der Waals surface area (Å²) in [6.45, 7) is 3.86. The number of hydrogen-bond acceptors (Lipinski definition) is 18. The van der Waals surface area contributed by atoms with E-state index in [1.165, 1.54) is 4.57 Å². The fraction of sp³-hybridized carbons (Fsp3) is 0.512. The van der Waals surface area contributed by atoms with Crippen molar-refractivity contribution in [1.82, 2.24) is 24.8 Å². The summed E-state index contributed by atoms with van der Waals surface area (Å²) < 4.78 is 79.8. The van der Waals surface area contributed by atoms with Crippen LogP contribution in [0.25, 0.3) is 33.3 Å². The number of carbonyl (C=O) groups is 1. The number of amides is 1. The number of nitrogens with zero attached hydrogens (tertiary/aromatic N) is 6. The van der Waals surface area contributed by atoms with E-state index in [2.05, 4.69) is 35.0 Å². The number of pyridine rings is 1. The molecular formula is C41H57N9O16P2S. The standard InChI is InChI=1S/C41H57N9O16P2S/c1-2-49(29-13-12-28-23-30(40(53)65-31(28)24-29)27-14-20-48(21-15-27)18-10-22-69(60,61)62)19-9-5-6-11-33(51)43-16-7-3-4-8-17-44-41-47-34-37(42)45-26-46-38(34)50(41)39-36(66-68(57,58)59)35(52)32(64-39)25-63-67(54,55)56/h12-15,20-21,23-24,26,32,35-36,39,52H,2-11,16-19,22,25H2,1H3,(H8-,42,43,44,45,46,47,51,54,55,56,57,58,59,60,61,62)/t32-,35-,36-,39-/m1/s1. The average Bonchev–Trinajstić information content (AvgIpc) is 3.79. The van der Waals surface area contributed by atoms with Gasteiger partial charge in [-0.25, -0.2) is 41.9 Å². The van der Waals surface area contributed by atoms with Crippen molar-refractivity contribution in [2.75, 3.05) is 54.5 Å². The Hall–Kier alpha value is -4.95. The molecule has 1 aliphatic heterocycles. The number of aliphatic hydroxyl groups excluding tert-OH is 1. The number of nitrogen functional groups attached to an aromatic ring is 1. The molecule has 1 aromatic carbocycles. The summed E-state index contributed by atoms with van der Waals surface area (Å²) in [5.74, 6) is -0.430. The highest BCUT2D eigenvalue weighted by atomic mass is 32.2. The van der Waals surface area contributed by atoms with Crippen LogP contribution in [0.4, 0.5) is 17.5 Å². The van der Waals surface area contributed by atoms with E-state index in [1.807, 2.05) is 25.1 Å². The third-order valence-electron chi connectivity index (χ3n) is 11.3. The summed E-state index contributed by atoms with van der Waals surface area (Å²) in [5.41, 5.74) is 8.09. The van der Waals surface area contributed by atoms with Gasteiger partial charge >= 0.3 is 21.3 Å². The highest BCUT2D eigenvalue weighted by Crippen LogP contribution is 2.47. The normalized spacial score (nSPS) is 17.7. The lowest BCUT2D eigenvalue weighted by atomic mass is 10.1. The average molecular weight is 1030 g/mol. The second kappa shape index (κ2) is 23.8. The van der Waals surface area contributed by atoms with Crippen molar-refractivity contribution >= 4 is 71.3 Å². The number of imidazole rings is 1. The van der Waals surface area contributed by atoms with E-state index in [-0.39, 0.29) is 35.3 Å². The van der Waals surface area contributed by atoms with E-state index in [4.69, 9.17) is 29.2 Å². The van der Waals surface area contributed by atoms with Gasteiger partial charge in [0.1, 0.15) is 36.8 Å². The summed E-state index contributed by atoms with van der Waals surface area (Å²) in [5, 5.41) is 17.7. The molecule has 0 saturated carbocycles. The van der Waals surface area contributed by atoms with Gasteiger partial charge in [-0.05, 0) is 50.8 Å². The molecule has 0 radical (unpaired) electrons. The molecule has 1 aliphatic rings. The number of phosphoric ester groups is 2. The largest absolute Gasteiger partial charge is 0.748 e. The Morgan fingerprint density at radius 1 is 0.986 bits per heavy atom. The number of fused-ring (bicyclic) bond motifs is 2. The molecule has 1 saturated heterocycles. The number of nitrogens with two attached hydrogens (primary N) is 1. The number of phosphoric acid groups is 2. The van der Waals surface area contributed by atoms with Crippen LogP contribution in [0, 0.1) is 0 Å². The third-order valence-corrected chi connectivity index (χ3v) is 13.1. The van der Waals surface area contributed by atoms with Crippen LogP contribution >= 0.6 is 15.6 Å². The van der Waals surface area contributed by atoms with Crippen LogP contribution in [0.1, 0.15) is 70.9 Å². The Bertz CT molecular complexity index is 2810. The van der Waals surface area contributed by atoms with Gasteiger partial charge in [-0.3, -0.25) is 18.4 Å². The molecule has 69 heavy (non-hydrogen) atoms. The first kappa shape index (κ1) is 53.4. The fourth-order valence-corrected chi connectivity index (χ4v) is 9.23. The van der Waals surface area contributed by atoms with E-state index in [0.717, 1.165) is 62.6 Å².